The number of anilines is 2. The van der Waals surface area contributed by atoms with Crippen LogP contribution in [0.15, 0.2) is 67.3 Å². The van der Waals surface area contributed by atoms with Crippen molar-refractivity contribution in [2.24, 2.45) is 0 Å². The Hall–Kier alpha value is -4.20. The Morgan fingerprint density at radius 3 is 2.51 bits per heavy atom. The SMILES string of the molecule is Cc1ccc(C(=O)N2CCC(c3ccc4nccn4c3)CC2)cc1NC(=O)c1ccc(NC(C)C)nc1. The predicted octanol–water partition coefficient (Wildman–Crippen LogP) is 5.13. The molecule has 8 nitrogen and oxygen atoms in total. The summed E-state index contributed by atoms with van der Waals surface area (Å²) in [6.07, 6.45) is 9.28. The van der Waals surface area contributed by atoms with E-state index in [9.17, 15) is 9.59 Å². The molecule has 0 bridgehead atoms. The second-order valence-corrected chi connectivity index (χ2v) is 9.94. The van der Waals surface area contributed by atoms with E-state index in [0.717, 1.165) is 29.9 Å². The molecular weight excluding hydrogens is 464 g/mol. The molecule has 8 heteroatoms. The molecule has 1 fully saturated rings. The van der Waals surface area contributed by atoms with Crippen LogP contribution >= 0.6 is 0 Å². The zero-order valence-corrected chi connectivity index (χ0v) is 21.4. The third-order valence-electron chi connectivity index (χ3n) is 6.86. The van der Waals surface area contributed by atoms with Gasteiger partial charge in [-0.1, -0.05) is 12.1 Å². The molecule has 0 spiro atoms. The second kappa shape index (κ2) is 10.4. The quantitative estimate of drug-likeness (QED) is 0.386. The Bertz CT molecular complexity index is 1420. The number of nitrogens with one attached hydrogen (secondary N) is 2. The van der Waals surface area contributed by atoms with Crippen LogP contribution in [0.5, 0.6) is 0 Å². The lowest BCUT2D eigenvalue weighted by Gasteiger charge is -2.32. The normalized spacial score (nSPS) is 14.2. The molecule has 1 aliphatic heterocycles. The number of nitrogens with zero attached hydrogens (tertiary/aromatic N) is 4. The van der Waals surface area contributed by atoms with Crippen molar-refractivity contribution in [3.8, 4) is 0 Å². The molecule has 0 unspecified atom stereocenters. The molecule has 5 rings (SSSR count). The molecule has 37 heavy (non-hydrogen) atoms. The number of amides is 2. The lowest BCUT2D eigenvalue weighted by atomic mass is 9.90. The summed E-state index contributed by atoms with van der Waals surface area (Å²) in [6.45, 7) is 7.38. The van der Waals surface area contributed by atoms with Crippen molar-refractivity contribution in [1.29, 1.82) is 0 Å². The summed E-state index contributed by atoms with van der Waals surface area (Å²) in [4.78, 5) is 36.7. The van der Waals surface area contributed by atoms with Crippen molar-refractivity contribution in [2.45, 2.75) is 45.6 Å². The Morgan fingerprint density at radius 2 is 1.78 bits per heavy atom. The Kier molecular flexibility index (Phi) is 6.90. The molecule has 0 atom stereocenters. The van der Waals surface area contributed by atoms with E-state index in [1.54, 1.807) is 30.6 Å². The molecule has 3 aromatic heterocycles. The van der Waals surface area contributed by atoms with Crippen LogP contribution in [0.3, 0.4) is 0 Å². The monoisotopic (exact) mass is 496 g/mol. The van der Waals surface area contributed by atoms with E-state index < -0.39 is 0 Å². The first-order valence-electron chi connectivity index (χ1n) is 12.7. The maximum Gasteiger partial charge on any atom is 0.257 e. The van der Waals surface area contributed by atoms with Crippen LogP contribution < -0.4 is 10.6 Å². The molecule has 0 aliphatic carbocycles. The molecule has 0 radical (unpaired) electrons. The van der Waals surface area contributed by atoms with Gasteiger partial charge in [0.15, 0.2) is 0 Å². The summed E-state index contributed by atoms with van der Waals surface area (Å²) in [5.41, 5.74) is 4.78. The molecule has 0 saturated carbocycles. The van der Waals surface area contributed by atoms with Crippen LogP contribution in [-0.2, 0) is 0 Å². The highest BCUT2D eigenvalue weighted by molar-refractivity contribution is 6.05. The number of carbonyl (C=O) groups is 2. The topological polar surface area (TPSA) is 91.6 Å². The molecule has 1 aliphatic rings. The van der Waals surface area contributed by atoms with Crippen LogP contribution in [0.25, 0.3) is 5.65 Å². The first kappa shape index (κ1) is 24.5. The number of hydrogen-bond acceptors (Lipinski definition) is 5. The highest BCUT2D eigenvalue weighted by atomic mass is 16.2. The molecule has 2 amide bonds. The number of pyridine rings is 2. The van der Waals surface area contributed by atoms with Gasteiger partial charge in [-0.2, -0.15) is 0 Å². The van der Waals surface area contributed by atoms with Crippen LogP contribution in [0.2, 0.25) is 0 Å². The number of benzene rings is 1. The van der Waals surface area contributed by atoms with E-state index in [1.807, 2.05) is 54.5 Å². The van der Waals surface area contributed by atoms with Gasteiger partial charge in [0.25, 0.3) is 11.8 Å². The third kappa shape index (κ3) is 5.48. The molecule has 2 N–H and O–H groups in total. The van der Waals surface area contributed by atoms with E-state index in [0.29, 0.717) is 35.8 Å². The summed E-state index contributed by atoms with van der Waals surface area (Å²) in [7, 11) is 0. The minimum absolute atomic E-state index is 0.00945. The molecule has 190 valence electrons. The zero-order chi connectivity index (χ0) is 25.9. The van der Waals surface area contributed by atoms with Gasteiger partial charge in [-0.15, -0.1) is 0 Å². The number of rotatable bonds is 6. The minimum atomic E-state index is -0.257. The van der Waals surface area contributed by atoms with Gasteiger partial charge in [-0.3, -0.25) is 9.59 Å². The van der Waals surface area contributed by atoms with Gasteiger partial charge >= 0.3 is 0 Å². The van der Waals surface area contributed by atoms with Crippen LogP contribution in [0.4, 0.5) is 11.5 Å². The fourth-order valence-electron chi connectivity index (χ4n) is 4.77. The van der Waals surface area contributed by atoms with Crippen molar-refractivity contribution in [1.82, 2.24) is 19.3 Å². The average Bonchev–Trinajstić information content (AvgIpc) is 3.38. The Morgan fingerprint density at radius 1 is 1.00 bits per heavy atom. The van der Waals surface area contributed by atoms with E-state index in [4.69, 9.17) is 0 Å². The van der Waals surface area contributed by atoms with Gasteiger partial charge in [-0.25, -0.2) is 9.97 Å². The highest BCUT2D eigenvalue weighted by Gasteiger charge is 2.25. The van der Waals surface area contributed by atoms with Gasteiger partial charge < -0.3 is 19.9 Å². The zero-order valence-electron chi connectivity index (χ0n) is 21.4. The number of likely N-dealkylation sites (tertiary alicyclic amines) is 1. The summed E-state index contributed by atoms with van der Waals surface area (Å²) in [5.74, 6) is 0.873. The third-order valence-corrected chi connectivity index (χ3v) is 6.86. The Balaban J connectivity index is 1.23. The number of fused-ring (bicyclic) bond motifs is 1. The first-order chi connectivity index (χ1) is 17.9. The number of carbonyl (C=O) groups excluding carboxylic acids is 2. The van der Waals surface area contributed by atoms with E-state index in [2.05, 4.69) is 32.9 Å². The number of imidazole rings is 1. The van der Waals surface area contributed by atoms with Gasteiger partial charge in [-0.05, 0) is 81.0 Å². The number of aryl methyl sites for hydroxylation is 1. The van der Waals surface area contributed by atoms with E-state index in [1.165, 1.54) is 5.56 Å². The van der Waals surface area contributed by atoms with Gasteiger partial charge in [0.05, 0.1) is 5.56 Å². The lowest BCUT2D eigenvalue weighted by Crippen LogP contribution is -2.38. The van der Waals surface area contributed by atoms with Gasteiger partial charge in [0.1, 0.15) is 11.5 Å². The van der Waals surface area contributed by atoms with Crippen molar-refractivity contribution < 1.29 is 9.59 Å². The van der Waals surface area contributed by atoms with Crippen molar-refractivity contribution in [2.75, 3.05) is 23.7 Å². The van der Waals surface area contributed by atoms with Crippen molar-refractivity contribution in [3.05, 3.63) is 89.5 Å². The van der Waals surface area contributed by atoms with Crippen LogP contribution in [0.1, 0.15) is 64.4 Å². The summed E-state index contributed by atoms with van der Waals surface area (Å²) in [5, 5.41) is 6.16. The molecule has 1 aromatic carbocycles. The summed E-state index contributed by atoms with van der Waals surface area (Å²) in [6, 6.07) is 13.5. The van der Waals surface area contributed by atoms with E-state index >= 15 is 0 Å². The van der Waals surface area contributed by atoms with Crippen molar-refractivity contribution in [3.63, 3.8) is 0 Å². The van der Waals surface area contributed by atoms with Gasteiger partial charge in [0, 0.05) is 55.2 Å². The molecule has 4 heterocycles. The van der Waals surface area contributed by atoms with Crippen LogP contribution in [-0.4, -0.2) is 50.2 Å². The maximum absolute atomic E-state index is 13.3. The summed E-state index contributed by atoms with van der Waals surface area (Å²) >= 11 is 0. The predicted molar refractivity (Wildman–Crippen MR) is 145 cm³/mol. The molecule has 1 saturated heterocycles. The highest BCUT2D eigenvalue weighted by Crippen LogP contribution is 2.29. The molecule has 4 aromatic rings. The average molecular weight is 497 g/mol. The summed E-state index contributed by atoms with van der Waals surface area (Å²) < 4.78 is 2.04. The molecular formula is C29H32N6O2. The first-order valence-corrected chi connectivity index (χ1v) is 12.7. The number of piperidine rings is 1. The van der Waals surface area contributed by atoms with Gasteiger partial charge in [0.2, 0.25) is 0 Å². The second-order valence-electron chi connectivity index (χ2n) is 9.94. The van der Waals surface area contributed by atoms with E-state index in [-0.39, 0.29) is 17.9 Å². The maximum atomic E-state index is 13.3. The number of hydrogen-bond donors (Lipinski definition) is 2. The fourth-order valence-corrected chi connectivity index (χ4v) is 4.77. The van der Waals surface area contributed by atoms with Crippen molar-refractivity contribution >= 4 is 29.0 Å². The minimum Gasteiger partial charge on any atom is -0.368 e. The van der Waals surface area contributed by atoms with Crippen LogP contribution in [0, 0.1) is 6.92 Å². The lowest BCUT2D eigenvalue weighted by molar-refractivity contribution is 0.0712. The fraction of sp³-hybridized carbons (Fsp3) is 0.310. The number of aromatic nitrogens is 3. The smallest absolute Gasteiger partial charge is 0.257 e. The Labute approximate surface area is 216 Å². The standard InChI is InChI=1S/C29H32N6O2/c1-19(2)32-26-8-6-23(17-31-26)28(36)33-25-16-22(5-4-20(25)3)29(37)34-13-10-21(11-14-34)24-7-9-27-30-12-15-35(27)18-24/h4-9,12,15-19,21H,10-11,13-14H2,1-3H3,(H,31,32)(H,33,36). The largest absolute Gasteiger partial charge is 0.368 e.